The molecule has 144 valence electrons. The number of thioether (sulfide) groups is 1. The van der Waals surface area contributed by atoms with Crippen molar-refractivity contribution in [3.8, 4) is 0 Å². The number of hydrogen-bond acceptors (Lipinski definition) is 5. The number of fused-ring (bicyclic) bond motifs is 4. The van der Waals surface area contributed by atoms with Gasteiger partial charge >= 0.3 is 0 Å². The number of hydrogen-bond donors (Lipinski definition) is 0. The Labute approximate surface area is 173 Å². The fourth-order valence-electron chi connectivity index (χ4n) is 4.32. The summed E-state index contributed by atoms with van der Waals surface area (Å²) in [7, 11) is 0. The van der Waals surface area contributed by atoms with Gasteiger partial charge in [-0.1, -0.05) is 36.9 Å². The molecule has 1 aromatic carbocycles. The van der Waals surface area contributed by atoms with Gasteiger partial charge in [-0.15, -0.1) is 11.3 Å². The van der Waals surface area contributed by atoms with Crippen LogP contribution in [0.1, 0.15) is 35.2 Å². The lowest BCUT2D eigenvalue weighted by Crippen LogP contribution is -2.30. The van der Waals surface area contributed by atoms with E-state index in [2.05, 4.69) is 13.0 Å². The third kappa shape index (κ3) is 3.12. The number of aryl methyl sites for hydroxylation is 2. The summed E-state index contributed by atoms with van der Waals surface area (Å²) in [4.78, 5) is 26.9. The first kappa shape index (κ1) is 18.1. The monoisotopic (exact) mass is 409 g/mol. The molecule has 3 aromatic rings. The predicted octanol–water partition coefficient (Wildman–Crippen LogP) is 4.81. The van der Waals surface area contributed by atoms with Gasteiger partial charge in [-0.3, -0.25) is 4.79 Å². The van der Waals surface area contributed by atoms with Gasteiger partial charge in [-0.25, -0.2) is 9.97 Å². The van der Waals surface area contributed by atoms with Crippen molar-refractivity contribution in [3.63, 3.8) is 0 Å². The molecule has 0 saturated heterocycles. The minimum absolute atomic E-state index is 0.164. The standard InChI is InChI=1S/C22H23N3OS2/c1-13-7-8-16-18(11-13)28-22-20(16)21(23-14(2)24-22)27-12-19(26)25-10-9-15-5-3-4-6-17(15)25/h3-6,13H,7-12H2,1-2H3/t13-/m0/s1. The third-order valence-corrected chi connectivity index (χ3v) is 7.86. The fourth-order valence-corrected chi connectivity index (χ4v) is 6.79. The van der Waals surface area contributed by atoms with Crippen LogP contribution in [0.15, 0.2) is 29.3 Å². The van der Waals surface area contributed by atoms with Crippen molar-refractivity contribution in [2.45, 2.75) is 44.6 Å². The molecule has 1 atom stereocenters. The number of thiophene rings is 1. The minimum Gasteiger partial charge on any atom is -0.311 e. The molecule has 0 N–H and O–H groups in total. The number of rotatable bonds is 3. The number of para-hydroxylation sites is 1. The number of carbonyl (C=O) groups excluding carboxylic acids is 1. The van der Waals surface area contributed by atoms with Gasteiger partial charge < -0.3 is 4.90 Å². The fraction of sp³-hybridized carbons (Fsp3) is 0.409. The Hall–Kier alpha value is -1.92. The quantitative estimate of drug-likeness (QED) is 0.460. The summed E-state index contributed by atoms with van der Waals surface area (Å²) < 4.78 is 0. The van der Waals surface area contributed by atoms with Crippen LogP contribution in [0, 0.1) is 12.8 Å². The molecule has 0 saturated carbocycles. The largest absolute Gasteiger partial charge is 0.311 e. The molecule has 0 radical (unpaired) electrons. The van der Waals surface area contributed by atoms with E-state index in [9.17, 15) is 4.79 Å². The Bertz CT molecular complexity index is 1080. The highest BCUT2D eigenvalue weighted by atomic mass is 32.2. The SMILES string of the molecule is Cc1nc(SCC(=O)N2CCc3ccccc32)c2c3c(sc2n1)C[C@@H](C)CC3. The molecule has 5 rings (SSSR count). The van der Waals surface area contributed by atoms with E-state index in [4.69, 9.17) is 9.97 Å². The number of aromatic nitrogens is 2. The average Bonchev–Trinajstić information content (AvgIpc) is 3.26. The zero-order valence-corrected chi connectivity index (χ0v) is 17.8. The van der Waals surface area contributed by atoms with Crippen molar-refractivity contribution < 1.29 is 4.79 Å². The lowest BCUT2D eigenvalue weighted by Gasteiger charge is -2.19. The number of anilines is 1. The number of benzene rings is 1. The van der Waals surface area contributed by atoms with Crippen molar-refractivity contribution in [2.75, 3.05) is 17.2 Å². The van der Waals surface area contributed by atoms with Gasteiger partial charge in [-0.05, 0) is 55.7 Å². The van der Waals surface area contributed by atoms with Crippen LogP contribution in [0.5, 0.6) is 0 Å². The van der Waals surface area contributed by atoms with Crippen molar-refractivity contribution in [1.29, 1.82) is 0 Å². The van der Waals surface area contributed by atoms with Crippen molar-refractivity contribution >= 4 is 44.9 Å². The molecule has 2 aliphatic rings. The van der Waals surface area contributed by atoms with Gasteiger partial charge in [-0.2, -0.15) is 0 Å². The number of carbonyl (C=O) groups is 1. The van der Waals surface area contributed by atoms with Gasteiger partial charge in [0.15, 0.2) is 0 Å². The first-order valence-electron chi connectivity index (χ1n) is 9.90. The Morgan fingerprint density at radius 1 is 1.29 bits per heavy atom. The van der Waals surface area contributed by atoms with Gasteiger partial charge in [0.05, 0.1) is 5.75 Å². The normalized spacial score (nSPS) is 18.4. The maximum atomic E-state index is 12.9. The molecule has 4 nitrogen and oxygen atoms in total. The topological polar surface area (TPSA) is 46.1 Å². The minimum atomic E-state index is 0.164. The van der Waals surface area contributed by atoms with Crippen LogP contribution in [0.4, 0.5) is 5.69 Å². The molecule has 28 heavy (non-hydrogen) atoms. The Morgan fingerprint density at radius 3 is 3.04 bits per heavy atom. The third-order valence-electron chi connectivity index (χ3n) is 5.75. The van der Waals surface area contributed by atoms with Gasteiger partial charge in [0.1, 0.15) is 15.7 Å². The summed E-state index contributed by atoms with van der Waals surface area (Å²) in [5, 5.41) is 2.19. The molecule has 0 unspecified atom stereocenters. The summed E-state index contributed by atoms with van der Waals surface area (Å²) in [6.45, 7) is 5.05. The first-order chi connectivity index (χ1) is 13.6. The van der Waals surface area contributed by atoms with Crippen molar-refractivity contribution in [2.24, 2.45) is 5.92 Å². The Morgan fingerprint density at radius 2 is 2.14 bits per heavy atom. The van der Waals surface area contributed by atoms with Crippen LogP contribution in [-0.4, -0.2) is 28.2 Å². The first-order valence-corrected chi connectivity index (χ1v) is 11.7. The van der Waals surface area contributed by atoms with Crippen LogP contribution in [-0.2, 0) is 24.1 Å². The van der Waals surface area contributed by atoms with E-state index in [1.165, 1.54) is 27.8 Å². The predicted molar refractivity (Wildman–Crippen MR) is 117 cm³/mol. The highest BCUT2D eigenvalue weighted by molar-refractivity contribution is 8.00. The highest BCUT2D eigenvalue weighted by Gasteiger charge is 2.26. The molecule has 1 aliphatic heterocycles. The second-order valence-corrected chi connectivity index (χ2v) is 9.87. The highest BCUT2D eigenvalue weighted by Crippen LogP contribution is 2.41. The zero-order chi connectivity index (χ0) is 19.3. The van der Waals surface area contributed by atoms with E-state index in [1.54, 1.807) is 11.8 Å². The molecule has 1 amide bonds. The van der Waals surface area contributed by atoms with Gasteiger partial charge in [0.2, 0.25) is 5.91 Å². The van der Waals surface area contributed by atoms with Crippen LogP contribution in [0.25, 0.3) is 10.2 Å². The summed E-state index contributed by atoms with van der Waals surface area (Å²) in [5.41, 5.74) is 3.76. The second kappa shape index (κ2) is 7.16. The van der Waals surface area contributed by atoms with Crippen LogP contribution < -0.4 is 4.90 Å². The summed E-state index contributed by atoms with van der Waals surface area (Å²) in [6, 6.07) is 8.22. The maximum Gasteiger partial charge on any atom is 0.237 e. The van der Waals surface area contributed by atoms with Crippen LogP contribution in [0.3, 0.4) is 0 Å². The average molecular weight is 410 g/mol. The molecule has 3 heterocycles. The maximum absolute atomic E-state index is 12.9. The summed E-state index contributed by atoms with van der Waals surface area (Å²) >= 11 is 3.40. The van der Waals surface area contributed by atoms with Gasteiger partial charge in [0.25, 0.3) is 0 Å². The molecule has 1 aliphatic carbocycles. The van der Waals surface area contributed by atoms with E-state index >= 15 is 0 Å². The van der Waals surface area contributed by atoms with E-state index in [1.807, 2.05) is 41.4 Å². The number of nitrogens with zero attached hydrogens (tertiary/aromatic N) is 3. The zero-order valence-electron chi connectivity index (χ0n) is 16.2. The summed E-state index contributed by atoms with van der Waals surface area (Å²) in [6.07, 6.45) is 4.41. The van der Waals surface area contributed by atoms with Gasteiger partial charge in [0, 0.05) is 22.5 Å². The lowest BCUT2D eigenvalue weighted by molar-refractivity contribution is -0.116. The van der Waals surface area contributed by atoms with E-state index in [0.717, 1.165) is 53.1 Å². The Balaban J connectivity index is 1.42. The molecule has 0 fully saturated rings. The van der Waals surface area contributed by atoms with Crippen molar-refractivity contribution in [1.82, 2.24) is 9.97 Å². The molecular formula is C22H23N3OS2. The van der Waals surface area contributed by atoms with Crippen LogP contribution in [0.2, 0.25) is 0 Å². The van der Waals surface area contributed by atoms with Crippen molar-refractivity contribution in [3.05, 3.63) is 46.1 Å². The molecule has 0 bridgehead atoms. The van der Waals surface area contributed by atoms with Crippen LogP contribution >= 0.6 is 23.1 Å². The lowest BCUT2D eigenvalue weighted by atomic mass is 9.89. The molecular weight excluding hydrogens is 386 g/mol. The molecule has 6 heteroatoms. The van der Waals surface area contributed by atoms with E-state index < -0.39 is 0 Å². The Kier molecular flexibility index (Phi) is 4.63. The molecule has 0 spiro atoms. The van der Waals surface area contributed by atoms with E-state index in [0.29, 0.717) is 5.75 Å². The second-order valence-electron chi connectivity index (χ2n) is 7.82. The smallest absolute Gasteiger partial charge is 0.237 e. The summed E-state index contributed by atoms with van der Waals surface area (Å²) in [5.74, 6) is 2.11. The number of amides is 1. The molecule has 2 aromatic heterocycles. The van der Waals surface area contributed by atoms with E-state index in [-0.39, 0.29) is 5.91 Å².